The van der Waals surface area contributed by atoms with E-state index in [0.29, 0.717) is 18.4 Å². The van der Waals surface area contributed by atoms with Gasteiger partial charge in [0.15, 0.2) is 0 Å². The fourth-order valence-electron chi connectivity index (χ4n) is 2.07. The van der Waals surface area contributed by atoms with Crippen LogP contribution in [0.2, 0.25) is 0 Å². The molecule has 0 radical (unpaired) electrons. The maximum absolute atomic E-state index is 5.68. The van der Waals surface area contributed by atoms with E-state index in [2.05, 4.69) is 17.2 Å². The van der Waals surface area contributed by atoms with Gasteiger partial charge in [0.25, 0.3) is 0 Å². The summed E-state index contributed by atoms with van der Waals surface area (Å²) in [6.45, 7) is 4.27. The molecule has 1 atom stereocenters. The van der Waals surface area contributed by atoms with Crippen LogP contribution < -0.4 is 5.73 Å². The van der Waals surface area contributed by atoms with E-state index in [9.17, 15) is 0 Å². The number of aromatic nitrogens is 3. The lowest BCUT2D eigenvalue weighted by Crippen LogP contribution is -2.16. The smallest absolute Gasteiger partial charge is 0.0997 e. The third-order valence-corrected chi connectivity index (χ3v) is 2.94. The summed E-state index contributed by atoms with van der Waals surface area (Å²) in [7, 11) is 1.73. The van der Waals surface area contributed by atoms with Crippen molar-refractivity contribution in [2.24, 2.45) is 11.7 Å². The molecule has 0 bridgehead atoms. The van der Waals surface area contributed by atoms with Crippen LogP contribution in [-0.2, 0) is 17.8 Å². The molecular weight excluding hydrogens is 204 g/mol. The van der Waals surface area contributed by atoms with Gasteiger partial charge in [-0.2, -0.15) is 0 Å². The fraction of sp³-hybridized carbons (Fsp3) is 0.818. The van der Waals surface area contributed by atoms with Crippen LogP contribution in [0.15, 0.2) is 0 Å². The highest BCUT2D eigenvalue weighted by molar-refractivity contribution is 5.20. The van der Waals surface area contributed by atoms with E-state index in [1.807, 2.05) is 4.68 Å². The van der Waals surface area contributed by atoms with Crippen LogP contribution in [0.3, 0.4) is 0 Å². The Morgan fingerprint density at radius 2 is 2.31 bits per heavy atom. The molecule has 1 aromatic heterocycles. The third kappa shape index (κ3) is 2.41. The Balaban J connectivity index is 2.10. The number of hydrogen-bond acceptors (Lipinski definition) is 4. The molecule has 1 fully saturated rings. The molecule has 1 aromatic rings. The van der Waals surface area contributed by atoms with Gasteiger partial charge in [-0.05, 0) is 18.8 Å². The van der Waals surface area contributed by atoms with E-state index in [4.69, 9.17) is 10.5 Å². The van der Waals surface area contributed by atoms with Gasteiger partial charge in [0.1, 0.15) is 0 Å². The molecular formula is C11H20N4O. The van der Waals surface area contributed by atoms with Crippen molar-refractivity contribution in [3.63, 3.8) is 0 Å². The Morgan fingerprint density at radius 3 is 2.88 bits per heavy atom. The molecule has 1 aliphatic carbocycles. The average Bonchev–Trinajstić information content (AvgIpc) is 3.01. The molecule has 0 spiro atoms. The van der Waals surface area contributed by atoms with Gasteiger partial charge in [-0.3, -0.25) is 0 Å². The second-order valence-corrected chi connectivity index (χ2v) is 4.64. The lowest BCUT2D eigenvalue weighted by atomic mass is 10.1. The number of nitrogens with two attached hydrogens (primary N) is 1. The zero-order valence-corrected chi connectivity index (χ0v) is 10.0. The van der Waals surface area contributed by atoms with E-state index in [1.165, 1.54) is 18.5 Å². The van der Waals surface area contributed by atoms with Crippen molar-refractivity contribution in [1.82, 2.24) is 15.0 Å². The van der Waals surface area contributed by atoms with Crippen LogP contribution in [0.25, 0.3) is 0 Å². The Morgan fingerprint density at radius 1 is 1.56 bits per heavy atom. The second-order valence-electron chi connectivity index (χ2n) is 4.64. The largest absolute Gasteiger partial charge is 0.384 e. The summed E-state index contributed by atoms with van der Waals surface area (Å²) in [6, 6.07) is 0. The van der Waals surface area contributed by atoms with Crippen molar-refractivity contribution < 1.29 is 4.74 Å². The van der Waals surface area contributed by atoms with E-state index >= 15 is 0 Å². The van der Waals surface area contributed by atoms with Gasteiger partial charge >= 0.3 is 0 Å². The molecule has 5 heteroatoms. The van der Waals surface area contributed by atoms with Gasteiger partial charge in [-0.1, -0.05) is 12.1 Å². The minimum absolute atomic E-state index is 0.454. The summed E-state index contributed by atoms with van der Waals surface area (Å²) >= 11 is 0. The predicted molar refractivity (Wildman–Crippen MR) is 60.9 cm³/mol. The summed E-state index contributed by atoms with van der Waals surface area (Å²) in [5.41, 5.74) is 7.90. The van der Waals surface area contributed by atoms with Crippen molar-refractivity contribution in [3.8, 4) is 0 Å². The molecule has 1 aliphatic rings. The Labute approximate surface area is 96.0 Å². The Kier molecular flexibility index (Phi) is 3.56. The first-order valence-corrected chi connectivity index (χ1v) is 5.87. The van der Waals surface area contributed by atoms with E-state index < -0.39 is 0 Å². The lowest BCUT2D eigenvalue weighted by Gasteiger charge is -2.12. The first-order valence-electron chi connectivity index (χ1n) is 5.87. The summed E-state index contributed by atoms with van der Waals surface area (Å²) in [5.74, 6) is 1.10. The highest BCUT2D eigenvalue weighted by Gasteiger charge is 2.31. The van der Waals surface area contributed by atoms with Crippen LogP contribution >= 0.6 is 0 Å². The fourth-order valence-corrected chi connectivity index (χ4v) is 2.07. The topological polar surface area (TPSA) is 66.0 Å². The van der Waals surface area contributed by atoms with Crippen LogP contribution in [0.4, 0.5) is 0 Å². The molecule has 1 unspecified atom stereocenters. The van der Waals surface area contributed by atoms with E-state index in [1.54, 1.807) is 7.11 Å². The molecule has 0 amide bonds. The Bertz CT molecular complexity index is 346. The van der Waals surface area contributed by atoms with Gasteiger partial charge in [-0.25, -0.2) is 4.68 Å². The van der Waals surface area contributed by atoms with E-state index in [-0.39, 0.29) is 0 Å². The van der Waals surface area contributed by atoms with Crippen LogP contribution in [0, 0.1) is 5.92 Å². The third-order valence-electron chi connectivity index (χ3n) is 2.94. The summed E-state index contributed by atoms with van der Waals surface area (Å²) in [6.07, 6.45) is 2.50. The summed E-state index contributed by atoms with van der Waals surface area (Å²) in [4.78, 5) is 0. The van der Waals surface area contributed by atoms with Crippen molar-refractivity contribution in [2.75, 3.05) is 13.7 Å². The summed E-state index contributed by atoms with van der Waals surface area (Å²) in [5, 5.41) is 8.36. The first-order chi connectivity index (χ1) is 7.76. The molecule has 5 nitrogen and oxygen atoms in total. The van der Waals surface area contributed by atoms with Crippen LogP contribution in [-0.4, -0.2) is 28.7 Å². The maximum Gasteiger partial charge on any atom is 0.0997 e. The Hall–Kier alpha value is -0.940. The standard InChI is InChI=1S/C11H20N4O/c1-8(7-16-2)6-15-11(9-3-4-9)10(5-12)13-14-15/h8-9H,3-7,12H2,1-2H3. The van der Waals surface area contributed by atoms with Gasteiger partial charge in [-0.15, -0.1) is 5.10 Å². The number of methoxy groups -OCH3 is 1. The zero-order chi connectivity index (χ0) is 11.5. The highest BCUT2D eigenvalue weighted by Crippen LogP contribution is 2.41. The minimum atomic E-state index is 0.454. The molecule has 2 N–H and O–H groups in total. The summed E-state index contributed by atoms with van der Waals surface area (Å²) < 4.78 is 7.16. The lowest BCUT2D eigenvalue weighted by molar-refractivity contribution is 0.148. The van der Waals surface area contributed by atoms with Crippen LogP contribution in [0.1, 0.15) is 37.1 Å². The number of nitrogens with zero attached hydrogens (tertiary/aromatic N) is 3. The SMILES string of the molecule is COCC(C)Cn1nnc(CN)c1C1CC1. The molecule has 16 heavy (non-hydrogen) atoms. The number of hydrogen-bond donors (Lipinski definition) is 1. The average molecular weight is 224 g/mol. The zero-order valence-electron chi connectivity index (χ0n) is 10.0. The van der Waals surface area contributed by atoms with Gasteiger partial charge in [0, 0.05) is 26.1 Å². The van der Waals surface area contributed by atoms with Crippen molar-refractivity contribution in [1.29, 1.82) is 0 Å². The van der Waals surface area contributed by atoms with Crippen molar-refractivity contribution in [2.45, 2.75) is 38.8 Å². The molecule has 90 valence electrons. The number of ether oxygens (including phenoxy) is 1. The molecule has 0 aromatic carbocycles. The van der Waals surface area contributed by atoms with Gasteiger partial charge in [0.2, 0.25) is 0 Å². The van der Waals surface area contributed by atoms with Gasteiger partial charge in [0.05, 0.1) is 18.0 Å². The normalized spacial score (nSPS) is 17.7. The molecule has 1 heterocycles. The quantitative estimate of drug-likeness (QED) is 0.779. The highest BCUT2D eigenvalue weighted by atomic mass is 16.5. The van der Waals surface area contributed by atoms with Gasteiger partial charge < -0.3 is 10.5 Å². The second kappa shape index (κ2) is 4.93. The minimum Gasteiger partial charge on any atom is -0.384 e. The van der Waals surface area contributed by atoms with Crippen LogP contribution in [0.5, 0.6) is 0 Å². The van der Waals surface area contributed by atoms with Crippen molar-refractivity contribution >= 4 is 0 Å². The van der Waals surface area contributed by atoms with Crippen molar-refractivity contribution in [3.05, 3.63) is 11.4 Å². The molecule has 2 rings (SSSR count). The maximum atomic E-state index is 5.68. The monoisotopic (exact) mass is 224 g/mol. The first kappa shape index (κ1) is 11.5. The predicted octanol–water partition coefficient (Wildman–Crippen LogP) is 0.897. The van der Waals surface area contributed by atoms with E-state index in [0.717, 1.165) is 18.8 Å². The molecule has 0 saturated heterocycles. The molecule has 0 aliphatic heterocycles. The number of rotatable bonds is 6. The molecule has 1 saturated carbocycles.